The van der Waals surface area contributed by atoms with E-state index in [2.05, 4.69) is 4.98 Å². The molecule has 3 rings (SSSR count). The highest BCUT2D eigenvalue weighted by atomic mass is 32.2. The zero-order valence-corrected chi connectivity index (χ0v) is 10.1. The summed E-state index contributed by atoms with van der Waals surface area (Å²) in [4.78, 5) is 18.9. The molecule has 84 valence electrons. The fourth-order valence-electron chi connectivity index (χ4n) is 1.93. The van der Waals surface area contributed by atoms with Crippen molar-refractivity contribution in [2.45, 2.75) is 16.8 Å². The van der Waals surface area contributed by atoms with Crippen LogP contribution >= 0.6 is 11.8 Å². The van der Waals surface area contributed by atoms with Gasteiger partial charge >= 0.3 is 0 Å². The molecular weight excluding hydrogens is 232 g/mol. The van der Waals surface area contributed by atoms with Crippen LogP contribution in [-0.4, -0.2) is 10.9 Å². The van der Waals surface area contributed by atoms with Crippen molar-refractivity contribution in [1.82, 2.24) is 4.98 Å². The number of anilines is 2. The fourth-order valence-corrected chi connectivity index (χ4v) is 2.93. The molecule has 4 heteroatoms. The van der Waals surface area contributed by atoms with Gasteiger partial charge in [-0.05, 0) is 24.3 Å². The lowest BCUT2D eigenvalue weighted by molar-refractivity contribution is -0.115. The van der Waals surface area contributed by atoms with Crippen molar-refractivity contribution in [3.63, 3.8) is 0 Å². The average molecular weight is 242 g/mol. The summed E-state index contributed by atoms with van der Waals surface area (Å²) in [6, 6.07) is 11.7. The molecule has 0 bridgehead atoms. The van der Waals surface area contributed by atoms with E-state index in [1.165, 1.54) is 0 Å². The molecule has 1 aliphatic rings. The Kier molecular flexibility index (Phi) is 2.37. The Hall–Kier alpha value is -1.81. The van der Waals surface area contributed by atoms with E-state index in [1.807, 2.05) is 36.4 Å². The van der Waals surface area contributed by atoms with Crippen molar-refractivity contribution in [3.05, 3.63) is 42.6 Å². The predicted octanol–water partition coefficient (Wildman–Crippen LogP) is 3.23. The van der Waals surface area contributed by atoms with Gasteiger partial charge in [-0.25, -0.2) is 4.98 Å². The third-order valence-corrected chi connectivity index (χ3v) is 3.69. The number of nitrogens with zero attached hydrogens (tertiary/aromatic N) is 2. The van der Waals surface area contributed by atoms with Crippen LogP contribution in [0.1, 0.15) is 6.92 Å². The minimum absolute atomic E-state index is 0.00648. The summed E-state index contributed by atoms with van der Waals surface area (Å²) >= 11 is 1.60. The molecule has 0 fully saturated rings. The van der Waals surface area contributed by atoms with Gasteiger partial charge in [-0.3, -0.25) is 9.69 Å². The summed E-state index contributed by atoms with van der Waals surface area (Å²) in [6.45, 7) is 1.57. The topological polar surface area (TPSA) is 33.2 Å². The van der Waals surface area contributed by atoms with Crippen molar-refractivity contribution in [3.8, 4) is 0 Å². The monoisotopic (exact) mass is 242 g/mol. The van der Waals surface area contributed by atoms with Gasteiger partial charge in [0.1, 0.15) is 5.03 Å². The average Bonchev–Trinajstić information content (AvgIpc) is 2.35. The highest BCUT2D eigenvalue weighted by Crippen LogP contribution is 2.46. The Bertz CT molecular complexity index is 552. The minimum Gasteiger partial charge on any atom is -0.277 e. The lowest BCUT2D eigenvalue weighted by Crippen LogP contribution is -2.25. The Morgan fingerprint density at radius 1 is 1.18 bits per heavy atom. The number of carbonyl (C=O) groups excluding carboxylic acids is 1. The van der Waals surface area contributed by atoms with Crippen molar-refractivity contribution in [1.29, 1.82) is 0 Å². The van der Waals surface area contributed by atoms with Crippen LogP contribution in [0, 0.1) is 0 Å². The first-order chi connectivity index (χ1) is 8.27. The Morgan fingerprint density at radius 3 is 2.76 bits per heavy atom. The molecule has 0 spiro atoms. The summed E-state index contributed by atoms with van der Waals surface area (Å²) in [7, 11) is 0. The number of fused-ring (bicyclic) bond motifs is 2. The molecule has 0 N–H and O–H groups in total. The van der Waals surface area contributed by atoms with Crippen LogP contribution in [0.25, 0.3) is 0 Å². The second-order valence-electron chi connectivity index (χ2n) is 3.75. The predicted molar refractivity (Wildman–Crippen MR) is 67.6 cm³/mol. The zero-order valence-electron chi connectivity index (χ0n) is 9.25. The lowest BCUT2D eigenvalue weighted by Gasteiger charge is -2.29. The molecule has 3 nitrogen and oxygen atoms in total. The number of hydrogen-bond acceptors (Lipinski definition) is 3. The van der Waals surface area contributed by atoms with Crippen molar-refractivity contribution >= 4 is 29.0 Å². The van der Waals surface area contributed by atoms with Crippen molar-refractivity contribution < 1.29 is 4.79 Å². The van der Waals surface area contributed by atoms with Gasteiger partial charge in [-0.1, -0.05) is 23.9 Å². The van der Waals surface area contributed by atoms with Gasteiger partial charge in [0.2, 0.25) is 5.91 Å². The van der Waals surface area contributed by atoms with E-state index in [9.17, 15) is 4.79 Å². The van der Waals surface area contributed by atoms with E-state index >= 15 is 0 Å². The molecule has 0 saturated carbocycles. The normalized spacial score (nSPS) is 12.9. The molecule has 1 aromatic carbocycles. The zero-order chi connectivity index (χ0) is 11.8. The summed E-state index contributed by atoms with van der Waals surface area (Å²) in [5.74, 6) is 0.00648. The molecule has 0 saturated heterocycles. The number of pyridine rings is 1. The third-order valence-electron chi connectivity index (χ3n) is 2.62. The van der Waals surface area contributed by atoms with E-state index in [-0.39, 0.29) is 5.91 Å². The first kappa shape index (κ1) is 10.4. The summed E-state index contributed by atoms with van der Waals surface area (Å²) in [6.07, 6.45) is 1.75. The largest absolute Gasteiger partial charge is 0.277 e. The maximum Gasteiger partial charge on any atom is 0.228 e. The number of benzene rings is 1. The van der Waals surface area contributed by atoms with Crippen LogP contribution < -0.4 is 4.90 Å². The Labute approximate surface area is 103 Å². The highest BCUT2D eigenvalue weighted by Gasteiger charge is 2.26. The Morgan fingerprint density at radius 2 is 1.94 bits per heavy atom. The maximum absolute atomic E-state index is 11.8. The number of rotatable bonds is 0. The molecule has 2 aromatic rings. The SMILES string of the molecule is CC(=O)N1c2ccccc2Sc2ncccc21. The number of para-hydroxylation sites is 1. The van der Waals surface area contributed by atoms with Crippen LogP contribution in [-0.2, 0) is 4.79 Å². The molecule has 0 aliphatic carbocycles. The molecule has 0 unspecified atom stereocenters. The van der Waals surface area contributed by atoms with Crippen LogP contribution in [0.15, 0.2) is 52.5 Å². The van der Waals surface area contributed by atoms with Gasteiger partial charge in [0.05, 0.1) is 11.4 Å². The number of aromatic nitrogens is 1. The Balaban J connectivity index is 2.24. The second kappa shape index (κ2) is 3.89. The highest BCUT2D eigenvalue weighted by molar-refractivity contribution is 7.99. The number of amides is 1. The van der Waals surface area contributed by atoms with Crippen molar-refractivity contribution in [2.24, 2.45) is 0 Å². The fraction of sp³-hybridized carbons (Fsp3) is 0.0769. The molecule has 17 heavy (non-hydrogen) atoms. The maximum atomic E-state index is 11.8. The molecule has 0 atom stereocenters. The van der Waals surface area contributed by atoms with Crippen LogP contribution in [0.2, 0.25) is 0 Å². The van der Waals surface area contributed by atoms with E-state index < -0.39 is 0 Å². The molecule has 1 aliphatic heterocycles. The van der Waals surface area contributed by atoms with Gasteiger partial charge in [0.15, 0.2) is 0 Å². The third kappa shape index (κ3) is 1.61. The van der Waals surface area contributed by atoms with E-state index in [1.54, 1.807) is 29.8 Å². The minimum atomic E-state index is 0.00648. The first-order valence-electron chi connectivity index (χ1n) is 5.30. The first-order valence-corrected chi connectivity index (χ1v) is 6.11. The molecular formula is C13H10N2OS. The summed E-state index contributed by atoms with van der Waals surface area (Å²) in [5.41, 5.74) is 1.80. The molecule has 1 amide bonds. The molecule has 2 heterocycles. The van der Waals surface area contributed by atoms with Crippen molar-refractivity contribution in [2.75, 3.05) is 4.90 Å². The van der Waals surface area contributed by atoms with Crippen LogP contribution in [0.4, 0.5) is 11.4 Å². The standard InChI is InChI=1S/C13H10N2OS/c1-9(16)15-10-5-2-3-7-12(10)17-13-11(15)6-4-8-14-13/h2-8H,1H3. The summed E-state index contributed by atoms with van der Waals surface area (Å²) in [5, 5.41) is 0.876. The van der Waals surface area contributed by atoms with Gasteiger partial charge in [-0.2, -0.15) is 0 Å². The summed E-state index contributed by atoms with van der Waals surface area (Å²) < 4.78 is 0. The van der Waals surface area contributed by atoms with Gasteiger partial charge < -0.3 is 0 Å². The van der Waals surface area contributed by atoms with E-state index in [4.69, 9.17) is 0 Å². The number of carbonyl (C=O) groups is 1. The van der Waals surface area contributed by atoms with E-state index in [0.717, 1.165) is 21.3 Å². The van der Waals surface area contributed by atoms with Crippen LogP contribution in [0.5, 0.6) is 0 Å². The van der Waals surface area contributed by atoms with Gasteiger partial charge in [0, 0.05) is 18.0 Å². The quantitative estimate of drug-likeness (QED) is 0.711. The van der Waals surface area contributed by atoms with Gasteiger partial charge in [-0.15, -0.1) is 0 Å². The molecule has 0 radical (unpaired) electrons. The van der Waals surface area contributed by atoms with Crippen LogP contribution in [0.3, 0.4) is 0 Å². The van der Waals surface area contributed by atoms with E-state index in [0.29, 0.717) is 0 Å². The smallest absolute Gasteiger partial charge is 0.228 e. The second-order valence-corrected chi connectivity index (χ2v) is 4.78. The number of hydrogen-bond donors (Lipinski definition) is 0. The lowest BCUT2D eigenvalue weighted by atomic mass is 10.2. The molecule has 1 aromatic heterocycles. The van der Waals surface area contributed by atoms with Gasteiger partial charge in [0.25, 0.3) is 0 Å².